The Hall–Kier alpha value is -1.53. The number of halogens is 1. The molecule has 2 rings (SSSR count). The number of hydrogen-bond acceptors (Lipinski definition) is 2. The molecule has 0 saturated carbocycles. The van der Waals surface area contributed by atoms with Gasteiger partial charge >= 0.3 is 0 Å². The van der Waals surface area contributed by atoms with E-state index >= 15 is 0 Å². The van der Waals surface area contributed by atoms with Crippen molar-refractivity contribution >= 4 is 22.6 Å². The van der Waals surface area contributed by atoms with Crippen LogP contribution in [0, 0.1) is 17.2 Å². The molecule has 0 amide bonds. The minimum atomic E-state index is 0.358. The van der Waals surface area contributed by atoms with Gasteiger partial charge < -0.3 is 4.57 Å². The quantitative estimate of drug-likeness (QED) is 0.727. The number of aryl methyl sites for hydroxylation is 1. The Morgan fingerprint density at radius 3 is 2.76 bits per heavy atom. The molecule has 0 aliphatic carbocycles. The van der Waals surface area contributed by atoms with E-state index in [9.17, 15) is 0 Å². The third kappa shape index (κ3) is 3.39. The lowest BCUT2D eigenvalue weighted by Gasteiger charge is -2.20. The fourth-order valence-corrected chi connectivity index (χ4v) is 2.99. The summed E-state index contributed by atoms with van der Waals surface area (Å²) in [5, 5.41) is 9.12. The molecule has 2 unspecified atom stereocenters. The van der Waals surface area contributed by atoms with Crippen LogP contribution in [0.5, 0.6) is 0 Å². The number of nitriles is 1. The van der Waals surface area contributed by atoms with Crippen molar-refractivity contribution in [2.45, 2.75) is 46.1 Å². The molecule has 1 heterocycles. The maximum atomic E-state index is 9.12. The number of aromatic nitrogens is 2. The SMILES string of the molecule is CCC(C)CC(C)n1c(CCCl)nc2ccc(C#N)cc21. The van der Waals surface area contributed by atoms with E-state index < -0.39 is 0 Å². The van der Waals surface area contributed by atoms with E-state index in [0.717, 1.165) is 29.7 Å². The number of nitrogens with zero attached hydrogens (tertiary/aromatic N) is 3. The summed E-state index contributed by atoms with van der Waals surface area (Å²) in [4.78, 5) is 4.70. The topological polar surface area (TPSA) is 41.6 Å². The molecule has 0 aliphatic rings. The first-order valence-electron chi connectivity index (χ1n) is 7.57. The molecule has 1 aromatic heterocycles. The van der Waals surface area contributed by atoms with Crippen LogP contribution in [0.15, 0.2) is 18.2 Å². The molecule has 0 N–H and O–H groups in total. The van der Waals surface area contributed by atoms with Crippen LogP contribution >= 0.6 is 11.6 Å². The van der Waals surface area contributed by atoms with Crippen molar-refractivity contribution < 1.29 is 0 Å². The van der Waals surface area contributed by atoms with Gasteiger partial charge in [-0.05, 0) is 37.5 Å². The summed E-state index contributed by atoms with van der Waals surface area (Å²) >= 11 is 5.93. The largest absolute Gasteiger partial charge is 0.325 e. The Bertz CT molecular complexity index is 654. The van der Waals surface area contributed by atoms with Crippen molar-refractivity contribution in [1.82, 2.24) is 9.55 Å². The molecule has 112 valence electrons. The van der Waals surface area contributed by atoms with Gasteiger partial charge in [0.15, 0.2) is 0 Å². The molecule has 1 aromatic carbocycles. The average molecular weight is 304 g/mol. The highest BCUT2D eigenvalue weighted by atomic mass is 35.5. The lowest BCUT2D eigenvalue weighted by atomic mass is 10.00. The van der Waals surface area contributed by atoms with Crippen molar-refractivity contribution in [2.75, 3.05) is 5.88 Å². The minimum Gasteiger partial charge on any atom is -0.325 e. The number of alkyl halides is 1. The highest BCUT2D eigenvalue weighted by molar-refractivity contribution is 6.17. The molecule has 21 heavy (non-hydrogen) atoms. The Morgan fingerprint density at radius 2 is 2.14 bits per heavy atom. The molecule has 3 nitrogen and oxygen atoms in total. The van der Waals surface area contributed by atoms with Gasteiger partial charge in [-0.3, -0.25) is 0 Å². The Kier molecular flexibility index (Phi) is 5.25. The van der Waals surface area contributed by atoms with Crippen molar-refractivity contribution in [3.8, 4) is 6.07 Å². The van der Waals surface area contributed by atoms with Crippen LogP contribution in [0.3, 0.4) is 0 Å². The summed E-state index contributed by atoms with van der Waals surface area (Å²) in [7, 11) is 0. The number of benzene rings is 1. The number of fused-ring (bicyclic) bond motifs is 1. The second kappa shape index (κ2) is 6.95. The molecule has 0 saturated heterocycles. The highest BCUT2D eigenvalue weighted by Crippen LogP contribution is 2.27. The van der Waals surface area contributed by atoms with Crippen LogP contribution in [-0.4, -0.2) is 15.4 Å². The normalized spacial score (nSPS) is 14.0. The van der Waals surface area contributed by atoms with E-state index in [0.29, 0.717) is 23.4 Å². The molecule has 2 atom stereocenters. The first-order valence-corrected chi connectivity index (χ1v) is 8.11. The van der Waals surface area contributed by atoms with Crippen LogP contribution in [-0.2, 0) is 6.42 Å². The van der Waals surface area contributed by atoms with Gasteiger partial charge in [0.1, 0.15) is 5.82 Å². The molecule has 0 spiro atoms. The van der Waals surface area contributed by atoms with Gasteiger partial charge in [0.05, 0.1) is 22.7 Å². The standard InChI is InChI=1S/C17H22ClN3/c1-4-12(2)9-13(3)21-16-10-14(11-19)5-6-15(16)20-17(21)7-8-18/h5-6,10,12-13H,4,7-9H2,1-3H3. The first-order chi connectivity index (χ1) is 10.1. The fraction of sp³-hybridized carbons (Fsp3) is 0.529. The lowest BCUT2D eigenvalue weighted by molar-refractivity contribution is 0.397. The summed E-state index contributed by atoms with van der Waals surface area (Å²) in [6.45, 7) is 6.72. The molecule has 0 aliphatic heterocycles. The zero-order valence-corrected chi connectivity index (χ0v) is 13.7. The molecule has 0 bridgehead atoms. The Labute approximate surface area is 131 Å². The summed E-state index contributed by atoms with van der Waals surface area (Å²) in [5.74, 6) is 2.25. The van der Waals surface area contributed by atoms with Crippen LogP contribution in [0.25, 0.3) is 11.0 Å². The molecule has 4 heteroatoms. The maximum absolute atomic E-state index is 9.12. The monoisotopic (exact) mass is 303 g/mol. The predicted octanol–water partition coefficient (Wildman–Crippen LogP) is 4.69. The van der Waals surface area contributed by atoms with E-state index in [1.807, 2.05) is 18.2 Å². The van der Waals surface area contributed by atoms with Gasteiger partial charge in [-0.2, -0.15) is 5.26 Å². The van der Waals surface area contributed by atoms with Gasteiger partial charge in [-0.25, -0.2) is 4.98 Å². The number of imidazole rings is 1. The fourth-order valence-electron chi connectivity index (χ4n) is 2.82. The van der Waals surface area contributed by atoms with Crippen LogP contribution in [0.4, 0.5) is 0 Å². The predicted molar refractivity (Wildman–Crippen MR) is 87.7 cm³/mol. The van der Waals surface area contributed by atoms with Crippen molar-refractivity contribution in [2.24, 2.45) is 5.92 Å². The van der Waals surface area contributed by atoms with Crippen molar-refractivity contribution in [1.29, 1.82) is 5.26 Å². The van der Waals surface area contributed by atoms with Gasteiger partial charge in [0.2, 0.25) is 0 Å². The Morgan fingerprint density at radius 1 is 1.38 bits per heavy atom. The van der Waals surface area contributed by atoms with E-state index in [2.05, 4.69) is 31.4 Å². The smallest absolute Gasteiger partial charge is 0.111 e. The average Bonchev–Trinajstić information content (AvgIpc) is 2.84. The molecular formula is C17H22ClN3. The minimum absolute atomic E-state index is 0.358. The van der Waals surface area contributed by atoms with Crippen LogP contribution in [0.2, 0.25) is 0 Å². The zero-order chi connectivity index (χ0) is 15.4. The molecule has 0 radical (unpaired) electrons. The maximum Gasteiger partial charge on any atom is 0.111 e. The second-order valence-corrected chi connectivity index (χ2v) is 6.13. The van der Waals surface area contributed by atoms with Gasteiger partial charge in [-0.1, -0.05) is 20.3 Å². The van der Waals surface area contributed by atoms with Gasteiger partial charge in [-0.15, -0.1) is 11.6 Å². The van der Waals surface area contributed by atoms with Gasteiger partial charge in [0, 0.05) is 18.3 Å². The lowest BCUT2D eigenvalue weighted by Crippen LogP contribution is -2.13. The van der Waals surface area contributed by atoms with Gasteiger partial charge in [0.25, 0.3) is 0 Å². The van der Waals surface area contributed by atoms with E-state index in [1.54, 1.807) is 0 Å². The highest BCUT2D eigenvalue weighted by Gasteiger charge is 2.17. The molecule has 0 fully saturated rings. The van der Waals surface area contributed by atoms with Crippen LogP contribution < -0.4 is 0 Å². The van der Waals surface area contributed by atoms with E-state index in [4.69, 9.17) is 21.8 Å². The Balaban J connectivity index is 2.51. The van der Waals surface area contributed by atoms with E-state index in [1.165, 1.54) is 6.42 Å². The number of hydrogen-bond donors (Lipinski definition) is 0. The summed E-state index contributed by atoms with van der Waals surface area (Å²) in [5.41, 5.74) is 2.67. The zero-order valence-electron chi connectivity index (χ0n) is 12.9. The summed E-state index contributed by atoms with van der Waals surface area (Å²) in [6.07, 6.45) is 3.03. The third-order valence-corrected chi connectivity index (χ3v) is 4.28. The molecular weight excluding hydrogens is 282 g/mol. The van der Waals surface area contributed by atoms with Crippen molar-refractivity contribution in [3.05, 3.63) is 29.6 Å². The third-order valence-electron chi connectivity index (χ3n) is 4.09. The van der Waals surface area contributed by atoms with Crippen LogP contribution in [0.1, 0.15) is 51.0 Å². The van der Waals surface area contributed by atoms with Crippen molar-refractivity contribution in [3.63, 3.8) is 0 Å². The number of rotatable bonds is 6. The first kappa shape index (κ1) is 15.9. The summed E-state index contributed by atoms with van der Waals surface area (Å²) in [6, 6.07) is 8.26. The van der Waals surface area contributed by atoms with E-state index in [-0.39, 0.29) is 0 Å². The molecule has 2 aromatic rings. The summed E-state index contributed by atoms with van der Waals surface area (Å²) < 4.78 is 2.27. The second-order valence-electron chi connectivity index (χ2n) is 5.75.